The number of nitrogens with zero attached hydrogens (tertiary/aromatic N) is 2. The zero-order valence-electron chi connectivity index (χ0n) is 15.8. The molecule has 0 saturated carbocycles. The summed E-state index contributed by atoms with van der Waals surface area (Å²) in [4.78, 5) is 2.18. The molecule has 0 fully saturated rings. The molecule has 0 aliphatic carbocycles. The molecule has 1 aliphatic rings. The zero-order chi connectivity index (χ0) is 18.1. The molecule has 1 aromatic heterocycles. The third-order valence-corrected chi connectivity index (χ3v) is 4.61. The molecule has 1 aliphatic heterocycles. The highest BCUT2D eigenvalue weighted by molar-refractivity contribution is 5.70. The number of hydrogen-bond donors (Lipinski definition) is 0. The van der Waals surface area contributed by atoms with Crippen molar-refractivity contribution >= 4 is 22.9 Å². The van der Waals surface area contributed by atoms with Crippen molar-refractivity contribution in [3.05, 3.63) is 72.0 Å². The summed E-state index contributed by atoms with van der Waals surface area (Å²) in [5.41, 5.74) is 4.20. The van der Waals surface area contributed by atoms with Gasteiger partial charge in [0.05, 0.1) is 11.8 Å². The lowest BCUT2D eigenvalue weighted by Crippen LogP contribution is -3.00. The van der Waals surface area contributed by atoms with Crippen LogP contribution in [0.4, 0.5) is 5.69 Å². The van der Waals surface area contributed by atoms with E-state index < -0.39 is 0 Å². The van der Waals surface area contributed by atoms with Crippen molar-refractivity contribution in [3.63, 3.8) is 0 Å². The second-order valence-electron chi connectivity index (χ2n) is 6.34. The van der Waals surface area contributed by atoms with Gasteiger partial charge in [-0.25, -0.2) is 0 Å². The third kappa shape index (κ3) is 3.60. The Morgan fingerprint density at radius 2 is 1.81 bits per heavy atom. The minimum Gasteiger partial charge on any atom is -1.00 e. The molecule has 5 heteroatoms. The lowest BCUT2D eigenvalue weighted by molar-refractivity contribution is -0.674. The highest BCUT2D eigenvalue weighted by Gasteiger charge is 2.24. The number of oxazole rings is 1. The van der Waals surface area contributed by atoms with Gasteiger partial charge in [-0.2, -0.15) is 4.57 Å². The quantitative estimate of drug-likeness (QED) is 0.428. The number of aryl methyl sites for hydroxylation is 1. The van der Waals surface area contributed by atoms with Gasteiger partial charge in [0.25, 0.3) is 5.52 Å². The first-order chi connectivity index (χ1) is 12.7. The highest BCUT2D eigenvalue weighted by atomic mass is 127. The molecule has 0 bridgehead atoms. The summed E-state index contributed by atoms with van der Waals surface area (Å²) in [5, 5.41) is 0. The van der Waals surface area contributed by atoms with E-state index in [2.05, 4.69) is 54.5 Å². The monoisotopic (exact) mass is 474 g/mol. The van der Waals surface area contributed by atoms with E-state index in [1.165, 1.54) is 0 Å². The van der Waals surface area contributed by atoms with Gasteiger partial charge < -0.3 is 38.0 Å². The number of aromatic nitrogens is 1. The van der Waals surface area contributed by atoms with Crippen molar-refractivity contribution < 1.29 is 37.7 Å². The van der Waals surface area contributed by atoms with Crippen LogP contribution in [0.2, 0.25) is 0 Å². The van der Waals surface area contributed by atoms with E-state index >= 15 is 0 Å². The number of allylic oxidation sites excluding steroid dienone is 2. The Balaban J connectivity index is 0.00000210. The van der Waals surface area contributed by atoms with E-state index in [1.54, 1.807) is 0 Å². The maximum Gasteiger partial charge on any atom is 0.374 e. The molecule has 0 amide bonds. The summed E-state index contributed by atoms with van der Waals surface area (Å²) < 4.78 is 14.3. The van der Waals surface area contributed by atoms with Crippen LogP contribution < -0.4 is 38.2 Å². The topological polar surface area (TPSA) is 29.5 Å². The fourth-order valence-corrected chi connectivity index (χ4v) is 3.40. The molecule has 27 heavy (non-hydrogen) atoms. The van der Waals surface area contributed by atoms with E-state index in [1.807, 2.05) is 36.4 Å². The Bertz CT molecular complexity index is 1020. The molecule has 0 saturated heterocycles. The zero-order valence-corrected chi connectivity index (χ0v) is 17.9. The van der Waals surface area contributed by atoms with Gasteiger partial charge >= 0.3 is 5.89 Å². The summed E-state index contributed by atoms with van der Waals surface area (Å²) in [6.07, 6.45) is 4.13. The van der Waals surface area contributed by atoms with Crippen LogP contribution in [0.5, 0.6) is 5.75 Å². The molecule has 0 atom stereocenters. The molecule has 2 aromatic carbocycles. The number of hydrogen-bond acceptors (Lipinski definition) is 3. The first kappa shape index (κ1) is 19.5. The normalized spacial score (nSPS) is 15.0. The SMILES string of the molecule is CCN1/C(=C\C(C)=C\c2oc3ccccc3[n+]2CC)Oc2ccccc21.[I-]. The summed E-state index contributed by atoms with van der Waals surface area (Å²) in [6, 6.07) is 16.2. The molecule has 4 rings (SSSR count). The van der Waals surface area contributed by atoms with Crippen LogP contribution in [0.15, 0.2) is 70.5 Å². The van der Waals surface area contributed by atoms with Gasteiger partial charge in [-0.3, -0.25) is 0 Å². The molecule has 2 heterocycles. The molecular formula is C22H23IN2O2. The first-order valence-electron chi connectivity index (χ1n) is 9.07. The lowest BCUT2D eigenvalue weighted by atomic mass is 10.2. The lowest BCUT2D eigenvalue weighted by Gasteiger charge is -2.15. The average molecular weight is 474 g/mol. The van der Waals surface area contributed by atoms with Crippen molar-refractivity contribution in [2.45, 2.75) is 27.3 Å². The summed E-state index contributed by atoms with van der Waals surface area (Å²) in [6.45, 7) is 8.04. The van der Waals surface area contributed by atoms with Gasteiger partial charge in [0.2, 0.25) is 11.5 Å². The molecule has 0 unspecified atom stereocenters. The van der Waals surface area contributed by atoms with Crippen LogP contribution in [-0.2, 0) is 6.54 Å². The van der Waals surface area contributed by atoms with Gasteiger partial charge in [0.15, 0.2) is 5.75 Å². The minimum absolute atomic E-state index is 0. The predicted octanol–water partition coefficient (Wildman–Crippen LogP) is 1.91. The standard InChI is InChI=1S/C22H23N2O2.HI/c1-4-23-17-10-6-8-12-19(17)25-21(23)14-16(3)15-22-24(5-2)18-11-7-9-13-20(18)26-22;/h6-15H,4-5H2,1-3H3;1H/q+1;/p-1. The van der Waals surface area contributed by atoms with Crippen LogP contribution >= 0.6 is 0 Å². The molecule has 0 radical (unpaired) electrons. The maximum absolute atomic E-state index is 6.04. The number of fused-ring (bicyclic) bond motifs is 2. The number of para-hydroxylation sites is 4. The molecule has 0 N–H and O–H groups in total. The van der Waals surface area contributed by atoms with Crippen molar-refractivity contribution in [1.29, 1.82) is 0 Å². The van der Waals surface area contributed by atoms with Gasteiger partial charge in [-0.15, -0.1) is 0 Å². The van der Waals surface area contributed by atoms with Crippen molar-refractivity contribution in [2.75, 3.05) is 11.4 Å². The number of anilines is 1. The molecule has 3 aromatic rings. The minimum atomic E-state index is 0. The molecule has 0 spiro atoms. The van der Waals surface area contributed by atoms with Crippen molar-refractivity contribution in [3.8, 4) is 5.75 Å². The average Bonchev–Trinajstić information content (AvgIpc) is 3.17. The molecule has 4 nitrogen and oxygen atoms in total. The van der Waals surface area contributed by atoms with Crippen LogP contribution in [0.3, 0.4) is 0 Å². The van der Waals surface area contributed by atoms with Crippen molar-refractivity contribution in [1.82, 2.24) is 0 Å². The van der Waals surface area contributed by atoms with Gasteiger partial charge in [-0.05, 0) is 44.5 Å². The molecular weight excluding hydrogens is 451 g/mol. The van der Waals surface area contributed by atoms with E-state index in [-0.39, 0.29) is 24.0 Å². The number of benzene rings is 2. The second-order valence-corrected chi connectivity index (χ2v) is 6.34. The third-order valence-electron chi connectivity index (χ3n) is 4.61. The smallest absolute Gasteiger partial charge is 0.374 e. The van der Waals surface area contributed by atoms with Gasteiger partial charge in [0.1, 0.15) is 6.54 Å². The highest BCUT2D eigenvalue weighted by Crippen LogP contribution is 2.38. The van der Waals surface area contributed by atoms with E-state index in [0.29, 0.717) is 0 Å². The number of halogens is 1. The predicted molar refractivity (Wildman–Crippen MR) is 104 cm³/mol. The number of ether oxygens (including phenoxy) is 1. The van der Waals surface area contributed by atoms with Gasteiger partial charge in [0, 0.05) is 18.7 Å². The van der Waals surface area contributed by atoms with E-state index in [4.69, 9.17) is 9.15 Å². The number of rotatable bonds is 4. The Morgan fingerprint density at radius 1 is 1.07 bits per heavy atom. The fourth-order valence-electron chi connectivity index (χ4n) is 3.40. The van der Waals surface area contributed by atoms with Crippen LogP contribution in [-0.4, -0.2) is 6.54 Å². The van der Waals surface area contributed by atoms with Gasteiger partial charge in [-0.1, -0.05) is 24.3 Å². The van der Waals surface area contributed by atoms with E-state index in [0.717, 1.165) is 53.0 Å². The Labute approximate surface area is 176 Å². The second kappa shape index (κ2) is 8.17. The Hall–Kier alpha value is -2.28. The first-order valence-corrected chi connectivity index (χ1v) is 9.07. The largest absolute Gasteiger partial charge is 1.00 e. The maximum atomic E-state index is 6.04. The van der Waals surface area contributed by atoms with Crippen molar-refractivity contribution in [2.24, 2.45) is 0 Å². The summed E-state index contributed by atoms with van der Waals surface area (Å²) in [5.74, 6) is 2.60. The molecule has 140 valence electrons. The Morgan fingerprint density at radius 3 is 2.59 bits per heavy atom. The van der Waals surface area contributed by atoms with Crippen LogP contribution in [0, 0.1) is 0 Å². The summed E-state index contributed by atoms with van der Waals surface area (Å²) >= 11 is 0. The summed E-state index contributed by atoms with van der Waals surface area (Å²) in [7, 11) is 0. The van der Waals surface area contributed by atoms with Crippen LogP contribution in [0.1, 0.15) is 26.7 Å². The van der Waals surface area contributed by atoms with Crippen LogP contribution in [0.25, 0.3) is 17.2 Å². The fraction of sp³-hybridized carbons (Fsp3) is 0.227. The Kier molecular flexibility index (Phi) is 5.89. The van der Waals surface area contributed by atoms with E-state index in [9.17, 15) is 0 Å².